The Morgan fingerprint density at radius 2 is 2.05 bits per heavy atom. The molecule has 0 atom stereocenters. The molecule has 0 aliphatic rings. The van der Waals surface area contributed by atoms with Gasteiger partial charge in [-0.15, -0.1) is 0 Å². The average Bonchev–Trinajstić information content (AvgIpc) is 2.37. The molecule has 0 radical (unpaired) electrons. The SMILES string of the molecule is CN(O)C(=O)Nc1cccc(-c2cc(=S)[nH]c(=S)[nH]2)c1. The zero-order valence-corrected chi connectivity index (χ0v) is 12.1. The topological polar surface area (TPSA) is 84.2 Å². The molecule has 1 heterocycles. The van der Waals surface area contributed by atoms with Crippen LogP contribution in [0, 0.1) is 9.41 Å². The molecule has 1 aromatic carbocycles. The van der Waals surface area contributed by atoms with E-state index >= 15 is 0 Å². The fourth-order valence-corrected chi connectivity index (χ4v) is 2.10. The van der Waals surface area contributed by atoms with E-state index in [0.29, 0.717) is 20.2 Å². The van der Waals surface area contributed by atoms with Crippen molar-refractivity contribution in [2.75, 3.05) is 12.4 Å². The molecule has 0 saturated carbocycles. The van der Waals surface area contributed by atoms with Crippen LogP contribution in [0.25, 0.3) is 11.3 Å². The molecule has 0 aliphatic heterocycles. The summed E-state index contributed by atoms with van der Waals surface area (Å²) in [6.45, 7) is 0. The Labute approximate surface area is 125 Å². The predicted molar refractivity (Wildman–Crippen MR) is 80.8 cm³/mol. The minimum atomic E-state index is -0.625. The van der Waals surface area contributed by atoms with Crippen LogP contribution in [-0.4, -0.2) is 33.3 Å². The van der Waals surface area contributed by atoms with E-state index in [1.54, 1.807) is 24.3 Å². The largest absolute Gasteiger partial charge is 0.345 e. The van der Waals surface area contributed by atoms with Gasteiger partial charge in [-0.25, -0.2) is 9.86 Å². The first kappa shape index (κ1) is 14.4. The average molecular weight is 308 g/mol. The quantitative estimate of drug-likeness (QED) is 0.389. The van der Waals surface area contributed by atoms with E-state index in [4.69, 9.17) is 29.6 Å². The van der Waals surface area contributed by atoms with Crippen LogP contribution in [-0.2, 0) is 0 Å². The molecule has 1 aromatic heterocycles. The summed E-state index contributed by atoms with van der Waals surface area (Å²) in [5, 5.41) is 12.0. The molecule has 2 aromatic rings. The maximum Gasteiger partial charge on any atom is 0.345 e. The summed E-state index contributed by atoms with van der Waals surface area (Å²) >= 11 is 10.1. The maximum absolute atomic E-state index is 11.4. The Morgan fingerprint density at radius 1 is 1.30 bits per heavy atom. The minimum Gasteiger partial charge on any atom is -0.332 e. The molecule has 2 rings (SSSR count). The Kier molecular flexibility index (Phi) is 4.28. The van der Waals surface area contributed by atoms with Crippen molar-refractivity contribution in [3.63, 3.8) is 0 Å². The third-order valence-corrected chi connectivity index (χ3v) is 2.90. The summed E-state index contributed by atoms with van der Waals surface area (Å²) in [7, 11) is 1.24. The number of aromatic amines is 2. The van der Waals surface area contributed by atoms with Gasteiger partial charge in [0.25, 0.3) is 0 Å². The summed E-state index contributed by atoms with van der Waals surface area (Å²) < 4.78 is 0.949. The number of carbonyl (C=O) groups excluding carboxylic acids is 1. The molecule has 0 fully saturated rings. The van der Waals surface area contributed by atoms with Crippen molar-refractivity contribution < 1.29 is 10.0 Å². The zero-order chi connectivity index (χ0) is 14.7. The Morgan fingerprint density at radius 3 is 2.70 bits per heavy atom. The van der Waals surface area contributed by atoms with Crippen molar-refractivity contribution in [3.8, 4) is 11.3 Å². The smallest absolute Gasteiger partial charge is 0.332 e. The molecule has 20 heavy (non-hydrogen) atoms. The lowest BCUT2D eigenvalue weighted by molar-refractivity contribution is -0.0118. The van der Waals surface area contributed by atoms with Gasteiger partial charge in [0.15, 0.2) is 4.77 Å². The van der Waals surface area contributed by atoms with Gasteiger partial charge < -0.3 is 15.3 Å². The van der Waals surface area contributed by atoms with Crippen LogP contribution in [0.15, 0.2) is 30.3 Å². The first-order chi connectivity index (χ1) is 9.45. The van der Waals surface area contributed by atoms with Crippen molar-refractivity contribution >= 4 is 36.2 Å². The van der Waals surface area contributed by atoms with Crippen LogP contribution in [0.2, 0.25) is 0 Å². The van der Waals surface area contributed by atoms with Gasteiger partial charge in [-0.05, 0) is 30.4 Å². The van der Waals surface area contributed by atoms with Gasteiger partial charge in [-0.2, -0.15) is 0 Å². The van der Waals surface area contributed by atoms with E-state index in [1.165, 1.54) is 7.05 Å². The van der Waals surface area contributed by atoms with E-state index in [-0.39, 0.29) is 0 Å². The second-order valence-corrected chi connectivity index (χ2v) is 4.88. The molecular formula is C12H12N4O2S2. The van der Waals surface area contributed by atoms with E-state index in [9.17, 15) is 4.79 Å². The third-order valence-electron chi connectivity index (χ3n) is 2.48. The van der Waals surface area contributed by atoms with Gasteiger partial charge in [-0.3, -0.25) is 5.21 Å². The Hall–Kier alpha value is -2.03. The Bertz CT molecular complexity index is 723. The molecule has 4 N–H and O–H groups in total. The third kappa shape index (κ3) is 3.50. The lowest BCUT2D eigenvalue weighted by Gasteiger charge is -2.11. The predicted octanol–water partition coefficient (Wildman–Crippen LogP) is 3.32. The highest BCUT2D eigenvalue weighted by Crippen LogP contribution is 2.20. The molecule has 0 saturated heterocycles. The molecule has 0 aliphatic carbocycles. The number of hydroxylamine groups is 2. The monoisotopic (exact) mass is 308 g/mol. The lowest BCUT2D eigenvalue weighted by Crippen LogP contribution is -2.27. The molecule has 0 spiro atoms. The Balaban J connectivity index is 2.36. The summed E-state index contributed by atoms with van der Waals surface area (Å²) in [5.74, 6) is 0. The van der Waals surface area contributed by atoms with E-state index in [1.807, 2.05) is 6.07 Å². The van der Waals surface area contributed by atoms with Crippen LogP contribution in [0.1, 0.15) is 0 Å². The second kappa shape index (κ2) is 5.95. The van der Waals surface area contributed by atoms with Crippen molar-refractivity contribution in [1.82, 2.24) is 15.0 Å². The van der Waals surface area contributed by atoms with Gasteiger partial charge in [-0.1, -0.05) is 24.4 Å². The maximum atomic E-state index is 11.4. The van der Waals surface area contributed by atoms with Gasteiger partial charge in [0.05, 0.1) is 5.69 Å². The fraction of sp³-hybridized carbons (Fsp3) is 0.0833. The van der Waals surface area contributed by atoms with Gasteiger partial charge >= 0.3 is 6.03 Å². The number of amides is 2. The summed E-state index contributed by atoms with van der Waals surface area (Å²) in [4.78, 5) is 17.2. The van der Waals surface area contributed by atoms with Gasteiger partial charge in [0, 0.05) is 18.3 Å². The van der Waals surface area contributed by atoms with Crippen LogP contribution >= 0.6 is 24.4 Å². The number of carbonyl (C=O) groups is 1. The molecule has 0 unspecified atom stereocenters. The molecule has 6 nitrogen and oxygen atoms in total. The van der Waals surface area contributed by atoms with Gasteiger partial charge in [0.1, 0.15) is 4.64 Å². The number of anilines is 1. The zero-order valence-electron chi connectivity index (χ0n) is 10.5. The summed E-state index contributed by atoms with van der Waals surface area (Å²) in [5.41, 5.74) is 2.10. The van der Waals surface area contributed by atoms with Crippen LogP contribution in [0.3, 0.4) is 0 Å². The standard InChI is InChI=1S/C12H12N4O2S2/c1-16(18)12(17)13-8-4-2-3-7(5-8)9-6-10(19)15-11(20)14-9/h2-6,18H,1H3,(H,13,17)(H2,14,15,19,20). The van der Waals surface area contributed by atoms with Crippen LogP contribution < -0.4 is 5.32 Å². The first-order valence-corrected chi connectivity index (χ1v) is 6.45. The van der Waals surface area contributed by atoms with E-state index in [0.717, 1.165) is 11.3 Å². The molecule has 2 amide bonds. The van der Waals surface area contributed by atoms with E-state index in [2.05, 4.69) is 15.3 Å². The van der Waals surface area contributed by atoms with Gasteiger partial charge in [0.2, 0.25) is 0 Å². The number of nitrogens with one attached hydrogen (secondary N) is 3. The minimum absolute atomic E-state index is 0.428. The molecule has 0 bridgehead atoms. The highest BCUT2D eigenvalue weighted by molar-refractivity contribution is 7.72. The number of hydrogen-bond donors (Lipinski definition) is 4. The number of benzene rings is 1. The highest BCUT2D eigenvalue weighted by Gasteiger charge is 2.06. The number of hydrogen-bond acceptors (Lipinski definition) is 4. The number of rotatable bonds is 2. The molecule has 104 valence electrons. The second-order valence-electron chi connectivity index (χ2n) is 4.04. The summed E-state index contributed by atoms with van der Waals surface area (Å²) in [6.07, 6.45) is 0. The van der Waals surface area contributed by atoms with Crippen molar-refractivity contribution in [2.24, 2.45) is 0 Å². The number of aromatic nitrogens is 2. The molecule has 8 heteroatoms. The van der Waals surface area contributed by atoms with Crippen LogP contribution in [0.5, 0.6) is 0 Å². The van der Waals surface area contributed by atoms with Crippen molar-refractivity contribution in [2.45, 2.75) is 0 Å². The number of nitrogens with zero attached hydrogens (tertiary/aromatic N) is 1. The number of H-pyrrole nitrogens is 2. The van der Waals surface area contributed by atoms with Crippen molar-refractivity contribution in [1.29, 1.82) is 0 Å². The molecular weight excluding hydrogens is 296 g/mol. The van der Waals surface area contributed by atoms with Crippen LogP contribution in [0.4, 0.5) is 10.5 Å². The fourth-order valence-electron chi connectivity index (χ4n) is 1.59. The summed E-state index contributed by atoms with van der Waals surface area (Å²) in [6, 6.07) is 8.21. The van der Waals surface area contributed by atoms with E-state index < -0.39 is 6.03 Å². The lowest BCUT2D eigenvalue weighted by atomic mass is 10.1. The first-order valence-electron chi connectivity index (χ1n) is 5.63. The van der Waals surface area contributed by atoms with Crippen molar-refractivity contribution in [3.05, 3.63) is 39.7 Å². The highest BCUT2D eigenvalue weighted by atomic mass is 32.1. The normalized spacial score (nSPS) is 10.1. The number of urea groups is 1.